The van der Waals surface area contributed by atoms with E-state index in [1.165, 1.54) is 0 Å². The van der Waals surface area contributed by atoms with E-state index in [0.29, 0.717) is 0 Å². The molecule has 1 aromatic rings. The summed E-state index contributed by atoms with van der Waals surface area (Å²) in [6, 6.07) is 0. The van der Waals surface area contributed by atoms with Gasteiger partial charge in [0.15, 0.2) is 0 Å². The van der Waals surface area contributed by atoms with Gasteiger partial charge in [-0.3, -0.25) is 0 Å². The van der Waals surface area contributed by atoms with Crippen molar-refractivity contribution < 1.29 is 0 Å². The van der Waals surface area contributed by atoms with E-state index in [2.05, 4.69) is 16.5 Å². The van der Waals surface area contributed by atoms with E-state index in [1.807, 2.05) is 51.1 Å². The van der Waals surface area contributed by atoms with Crippen LogP contribution < -0.4 is 15.5 Å². The monoisotopic (exact) mass is 203 g/mol. The van der Waals surface area contributed by atoms with E-state index in [0.717, 1.165) is 22.2 Å². The quantitative estimate of drug-likeness (QED) is 0.705. The molecule has 0 unspecified atom stereocenters. The Kier molecular flexibility index (Phi) is 3.61. The Hall–Kier alpha value is -1.64. The zero-order valence-corrected chi connectivity index (χ0v) is 9.78. The molecule has 15 heavy (non-hydrogen) atoms. The van der Waals surface area contributed by atoms with Crippen LogP contribution in [0.15, 0.2) is 12.2 Å². The molecule has 80 valence electrons. The summed E-state index contributed by atoms with van der Waals surface area (Å²) in [6.07, 6.45) is 5.92. The van der Waals surface area contributed by atoms with Crippen LogP contribution >= 0.6 is 0 Å². The van der Waals surface area contributed by atoms with Crippen LogP contribution in [0.2, 0.25) is 0 Å². The number of aryl methyl sites for hydroxylation is 1. The van der Waals surface area contributed by atoms with E-state index in [9.17, 15) is 0 Å². The van der Waals surface area contributed by atoms with Crippen LogP contribution in [0.4, 0.5) is 5.82 Å². The van der Waals surface area contributed by atoms with Gasteiger partial charge in [-0.05, 0) is 19.9 Å². The molecule has 0 amide bonds. The minimum atomic E-state index is 0.751. The van der Waals surface area contributed by atoms with E-state index >= 15 is 0 Å². The molecule has 3 nitrogen and oxygen atoms in total. The van der Waals surface area contributed by atoms with Gasteiger partial charge in [-0.2, -0.15) is 0 Å². The molecule has 0 aliphatic heterocycles. The van der Waals surface area contributed by atoms with Gasteiger partial charge in [-0.1, -0.05) is 18.7 Å². The maximum Gasteiger partial charge on any atom is 0.139 e. The normalized spacial score (nSPS) is 12.4. The second-order valence-electron chi connectivity index (χ2n) is 3.54. The molecule has 0 aliphatic rings. The Morgan fingerprint density at radius 2 is 1.93 bits per heavy atom. The lowest BCUT2D eigenvalue weighted by Gasteiger charge is -2.12. The van der Waals surface area contributed by atoms with E-state index in [-0.39, 0.29) is 0 Å². The summed E-state index contributed by atoms with van der Waals surface area (Å²) in [5.74, 6) is 1.66. The van der Waals surface area contributed by atoms with Crippen LogP contribution in [0.3, 0.4) is 0 Å². The zero-order valence-electron chi connectivity index (χ0n) is 9.78. The standard InChI is InChI=1S/C12H17N3/c1-6-7-8-11-9(2)13-10(3)14-12(11)15(4)5/h6-8H,2H2,1,3-5H3/b7-6-,11-8+. The number of allylic oxidation sites excluding steroid dienone is 2. The summed E-state index contributed by atoms with van der Waals surface area (Å²) in [6.45, 7) is 7.79. The predicted octanol–water partition coefficient (Wildman–Crippen LogP) is 0.618. The second-order valence-corrected chi connectivity index (χ2v) is 3.54. The highest BCUT2D eigenvalue weighted by Gasteiger charge is 2.01. The van der Waals surface area contributed by atoms with Crippen molar-refractivity contribution in [3.8, 4) is 0 Å². The zero-order chi connectivity index (χ0) is 11.4. The van der Waals surface area contributed by atoms with Gasteiger partial charge in [-0.15, -0.1) is 0 Å². The van der Waals surface area contributed by atoms with Gasteiger partial charge in [0.25, 0.3) is 0 Å². The number of hydrogen-bond acceptors (Lipinski definition) is 3. The van der Waals surface area contributed by atoms with Gasteiger partial charge in [0.05, 0.1) is 5.35 Å². The first-order valence-electron chi connectivity index (χ1n) is 4.90. The molecule has 0 aliphatic carbocycles. The van der Waals surface area contributed by atoms with Crippen molar-refractivity contribution in [1.29, 1.82) is 0 Å². The van der Waals surface area contributed by atoms with E-state index in [4.69, 9.17) is 0 Å². The maximum absolute atomic E-state index is 4.40. The summed E-state index contributed by atoms with van der Waals surface area (Å²) >= 11 is 0. The number of rotatable bonds is 2. The number of aromatic nitrogens is 2. The predicted molar refractivity (Wildman–Crippen MR) is 65.1 cm³/mol. The summed E-state index contributed by atoms with van der Waals surface area (Å²) in [5.41, 5.74) is 0. The Bertz CT molecular complexity index is 472. The van der Waals surface area contributed by atoms with Gasteiger partial charge in [0, 0.05) is 19.3 Å². The number of nitrogens with zero attached hydrogens (tertiary/aromatic N) is 3. The molecule has 0 saturated carbocycles. The lowest BCUT2D eigenvalue weighted by molar-refractivity contribution is 0.956. The summed E-state index contributed by atoms with van der Waals surface area (Å²) in [5, 5.41) is 1.74. The van der Waals surface area contributed by atoms with Crippen molar-refractivity contribution >= 4 is 18.5 Å². The molecule has 0 radical (unpaired) electrons. The molecular weight excluding hydrogens is 186 g/mol. The third kappa shape index (κ3) is 2.65. The SMILES string of the molecule is C=c1nc(C)nc(N(C)C)/c1=C/C=C\C. The topological polar surface area (TPSA) is 29.0 Å². The Labute approximate surface area is 90.5 Å². The fourth-order valence-corrected chi connectivity index (χ4v) is 1.33. The maximum atomic E-state index is 4.40. The van der Waals surface area contributed by atoms with Crippen LogP contribution in [0.1, 0.15) is 12.7 Å². The molecule has 0 N–H and O–H groups in total. The summed E-state index contributed by atoms with van der Waals surface area (Å²) in [4.78, 5) is 10.6. The molecule has 3 heteroatoms. The molecule has 0 bridgehead atoms. The van der Waals surface area contributed by atoms with Crippen LogP contribution in [-0.2, 0) is 0 Å². The first-order chi connectivity index (χ1) is 7.06. The molecular formula is C12H17N3. The Morgan fingerprint density at radius 3 is 2.47 bits per heavy atom. The number of hydrogen-bond donors (Lipinski definition) is 0. The lowest BCUT2D eigenvalue weighted by Crippen LogP contribution is -2.34. The first kappa shape index (κ1) is 11.4. The van der Waals surface area contributed by atoms with Crippen molar-refractivity contribution in [3.63, 3.8) is 0 Å². The van der Waals surface area contributed by atoms with E-state index in [1.54, 1.807) is 0 Å². The second kappa shape index (κ2) is 4.73. The summed E-state index contributed by atoms with van der Waals surface area (Å²) in [7, 11) is 3.93. The van der Waals surface area contributed by atoms with Crippen molar-refractivity contribution in [2.75, 3.05) is 19.0 Å². The lowest BCUT2D eigenvalue weighted by atomic mass is 10.3. The minimum Gasteiger partial charge on any atom is -0.362 e. The highest BCUT2D eigenvalue weighted by Crippen LogP contribution is 1.96. The molecule has 1 aromatic heterocycles. The number of anilines is 1. The Morgan fingerprint density at radius 1 is 1.27 bits per heavy atom. The van der Waals surface area contributed by atoms with Gasteiger partial charge in [0.1, 0.15) is 11.6 Å². The van der Waals surface area contributed by atoms with Crippen molar-refractivity contribution in [1.82, 2.24) is 9.97 Å². The average molecular weight is 203 g/mol. The minimum absolute atomic E-state index is 0.751. The van der Waals surface area contributed by atoms with Crippen molar-refractivity contribution in [2.24, 2.45) is 0 Å². The average Bonchev–Trinajstić information content (AvgIpc) is 2.15. The van der Waals surface area contributed by atoms with Crippen molar-refractivity contribution in [3.05, 3.63) is 28.5 Å². The van der Waals surface area contributed by atoms with Gasteiger partial charge in [-0.25, -0.2) is 9.97 Å². The molecule has 0 atom stereocenters. The van der Waals surface area contributed by atoms with Gasteiger partial charge in [0.2, 0.25) is 0 Å². The molecule has 0 spiro atoms. The van der Waals surface area contributed by atoms with Crippen LogP contribution in [0.25, 0.3) is 12.7 Å². The van der Waals surface area contributed by atoms with Gasteiger partial charge < -0.3 is 4.90 Å². The molecule has 0 fully saturated rings. The van der Waals surface area contributed by atoms with E-state index < -0.39 is 0 Å². The fraction of sp³-hybridized carbons (Fsp3) is 0.333. The molecule has 1 rings (SSSR count). The molecule has 1 heterocycles. The Balaban J connectivity index is 3.54. The van der Waals surface area contributed by atoms with Crippen molar-refractivity contribution in [2.45, 2.75) is 13.8 Å². The largest absolute Gasteiger partial charge is 0.362 e. The third-order valence-electron chi connectivity index (χ3n) is 2.00. The van der Waals surface area contributed by atoms with Gasteiger partial charge >= 0.3 is 0 Å². The van der Waals surface area contributed by atoms with Crippen LogP contribution in [-0.4, -0.2) is 24.1 Å². The molecule has 0 aromatic carbocycles. The highest BCUT2D eigenvalue weighted by molar-refractivity contribution is 5.48. The first-order valence-corrected chi connectivity index (χ1v) is 4.90. The smallest absolute Gasteiger partial charge is 0.139 e. The summed E-state index contributed by atoms with van der Waals surface area (Å²) < 4.78 is 0. The molecule has 0 saturated heterocycles. The van der Waals surface area contributed by atoms with Crippen LogP contribution in [0.5, 0.6) is 0 Å². The third-order valence-corrected chi connectivity index (χ3v) is 2.00. The highest BCUT2D eigenvalue weighted by atomic mass is 15.1. The fourth-order valence-electron chi connectivity index (χ4n) is 1.33. The van der Waals surface area contributed by atoms with Crippen LogP contribution in [0, 0.1) is 6.92 Å².